The zero-order valence-corrected chi connectivity index (χ0v) is 10.4. The van der Waals surface area contributed by atoms with Crippen LogP contribution in [0.4, 0.5) is 20.6 Å². The van der Waals surface area contributed by atoms with Crippen molar-refractivity contribution in [2.45, 2.75) is 12.6 Å². The van der Waals surface area contributed by atoms with E-state index in [-0.39, 0.29) is 11.8 Å². The van der Waals surface area contributed by atoms with Gasteiger partial charge >= 0.3 is 6.09 Å². The average molecular weight is 277 g/mol. The first-order chi connectivity index (χ1) is 9.63. The van der Waals surface area contributed by atoms with Crippen molar-refractivity contribution in [3.05, 3.63) is 36.4 Å². The van der Waals surface area contributed by atoms with Gasteiger partial charge in [0.05, 0.1) is 30.7 Å². The Balaban J connectivity index is 1.75. The summed E-state index contributed by atoms with van der Waals surface area (Å²) in [5.74, 6) is -0.560. The first-order valence-electron chi connectivity index (χ1n) is 6.01. The van der Waals surface area contributed by atoms with Gasteiger partial charge in [-0.3, -0.25) is 4.90 Å². The summed E-state index contributed by atoms with van der Waals surface area (Å²) in [5, 5.41) is 7.49. The molecule has 0 saturated carbocycles. The van der Waals surface area contributed by atoms with Crippen LogP contribution in [0.25, 0.3) is 0 Å². The Morgan fingerprint density at radius 2 is 2.35 bits per heavy atom. The molecule has 2 heterocycles. The fourth-order valence-electron chi connectivity index (χ4n) is 2.05. The third-order valence-electron chi connectivity index (χ3n) is 3.03. The van der Waals surface area contributed by atoms with E-state index in [1.807, 2.05) is 0 Å². The molecule has 1 saturated heterocycles. The molecule has 0 bridgehead atoms. The van der Waals surface area contributed by atoms with E-state index < -0.39 is 11.9 Å². The highest BCUT2D eigenvalue weighted by atomic mass is 19.1. The molecule has 20 heavy (non-hydrogen) atoms. The molecule has 1 aromatic carbocycles. The van der Waals surface area contributed by atoms with Crippen LogP contribution in [0.1, 0.15) is 0 Å². The molecule has 1 aliphatic rings. The monoisotopic (exact) mass is 277 g/mol. The first kappa shape index (κ1) is 12.4. The van der Waals surface area contributed by atoms with Gasteiger partial charge in [-0.05, 0) is 18.2 Å². The lowest BCUT2D eigenvalue weighted by Gasteiger charge is -2.13. The zero-order chi connectivity index (χ0) is 14.1. The van der Waals surface area contributed by atoms with Crippen LogP contribution in [0.3, 0.4) is 0 Å². The molecule has 104 valence electrons. The lowest BCUT2D eigenvalue weighted by molar-refractivity contribution is 0.129. The van der Waals surface area contributed by atoms with Gasteiger partial charge in [-0.15, -0.1) is 5.10 Å². The van der Waals surface area contributed by atoms with Crippen molar-refractivity contribution < 1.29 is 13.9 Å². The maximum Gasteiger partial charge on any atom is 0.414 e. The minimum atomic E-state index is -0.560. The number of carbonyl (C=O) groups is 1. The molecule has 1 atom stereocenters. The number of benzene rings is 1. The largest absolute Gasteiger partial charge is 0.442 e. The Hall–Kier alpha value is -2.64. The standard InChI is InChI=1S/C12H12FN5O2/c13-10-5-8(1-2-11(10)14)18-7-9(20-12(18)19)6-17-4-3-15-16-17/h1-5,9H,6-7,14H2. The molecule has 0 radical (unpaired) electrons. The normalized spacial score (nSPS) is 18.4. The number of carbonyl (C=O) groups excluding carboxylic acids is 1. The Kier molecular flexibility index (Phi) is 2.97. The predicted octanol–water partition coefficient (Wildman–Crippen LogP) is 1.02. The second-order valence-corrected chi connectivity index (χ2v) is 4.45. The SMILES string of the molecule is Nc1ccc(N2CC(Cn3ccnn3)OC2=O)cc1F. The van der Waals surface area contributed by atoms with Crippen LogP contribution in [0.15, 0.2) is 30.6 Å². The maximum atomic E-state index is 13.4. The Labute approximate surface area is 113 Å². The third kappa shape index (κ3) is 2.27. The molecular weight excluding hydrogens is 265 g/mol. The molecule has 1 unspecified atom stereocenters. The van der Waals surface area contributed by atoms with E-state index in [1.54, 1.807) is 23.1 Å². The molecule has 8 heteroatoms. The average Bonchev–Trinajstić information content (AvgIpc) is 3.03. The van der Waals surface area contributed by atoms with E-state index in [9.17, 15) is 9.18 Å². The number of nitrogens with two attached hydrogens (primary N) is 1. The number of ether oxygens (including phenoxy) is 1. The summed E-state index contributed by atoms with van der Waals surface area (Å²) in [4.78, 5) is 13.2. The maximum absolute atomic E-state index is 13.4. The molecule has 1 aromatic heterocycles. The molecule has 0 aliphatic carbocycles. The molecule has 7 nitrogen and oxygen atoms in total. The first-order valence-corrected chi connectivity index (χ1v) is 6.01. The molecule has 0 spiro atoms. The van der Waals surface area contributed by atoms with Crippen LogP contribution in [0, 0.1) is 5.82 Å². The summed E-state index contributed by atoms with van der Waals surface area (Å²) in [6, 6.07) is 4.22. The van der Waals surface area contributed by atoms with Crippen molar-refractivity contribution in [2.24, 2.45) is 0 Å². The van der Waals surface area contributed by atoms with E-state index in [0.29, 0.717) is 18.8 Å². The number of amides is 1. The summed E-state index contributed by atoms with van der Waals surface area (Å²) in [5.41, 5.74) is 5.87. The van der Waals surface area contributed by atoms with Gasteiger partial charge in [0.1, 0.15) is 11.9 Å². The number of hydrogen-bond acceptors (Lipinski definition) is 5. The summed E-state index contributed by atoms with van der Waals surface area (Å²) < 4.78 is 20.2. The van der Waals surface area contributed by atoms with Gasteiger partial charge in [-0.25, -0.2) is 13.9 Å². The number of nitrogens with zero attached hydrogens (tertiary/aromatic N) is 4. The molecule has 1 fully saturated rings. The van der Waals surface area contributed by atoms with Gasteiger partial charge in [0, 0.05) is 6.20 Å². The minimum absolute atomic E-state index is 0.0421. The van der Waals surface area contributed by atoms with E-state index in [0.717, 1.165) is 0 Å². The zero-order valence-electron chi connectivity index (χ0n) is 10.4. The third-order valence-corrected chi connectivity index (χ3v) is 3.03. The fourth-order valence-corrected chi connectivity index (χ4v) is 2.05. The van der Waals surface area contributed by atoms with Crippen molar-refractivity contribution in [3.8, 4) is 0 Å². The summed E-state index contributed by atoms with van der Waals surface area (Å²) >= 11 is 0. The highest BCUT2D eigenvalue weighted by Crippen LogP contribution is 2.25. The van der Waals surface area contributed by atoms with Gasteiger partial charge in [0.2, 0.25) is 0 Å². The van der Waals surface area contributed by atoms with Gasteiger partial charge in [0.25, 0.3) is 0 Å². The van der Waals surface area contributed by atoms with Gasteiger partial charge < -0.3 is 10.5 Å². The van der Waals surface area contributed by atoms with E-state index in [1.165, 1.54) is 17.0 Å². The van der Waals surface area contributed by atoms with Crippen molar-refractivity contribution in [1.82, 2.24) is 15.0 Å². The minimum Gasteiger partial charge on any atom is -0.442 e. The lowest BCUT2D eigenvalue weighted by atomic mass is 10.2. The van der Waals surface area contributed by atoms with Crippen LogP contribution in [-0.4, -0.2) is 33.7 Å². The number of cyclic esters (lactones) is 1. The topological polar surface area (TPSA) is 86.3 Å². The quantitative estimate of drug-likeness (QED) is 0.847. The van der Waals surface area contributed by atoms with Crippen LogP contribution >= 0.6 is 0 Å². The predicted molar refractivity (Wildman–Crippen MR) is 68.4 cm³/mol. The van der Waals surface area contributed by atoms with Crippen LogP contribution in [0.5, 0.6) is 0 Å². The van der Waals surface area contributed by atoms with Gasteiger partial charge in [-0.1, -0.05) is 5.21 Å². The smallest absolute Gasteiger partial charge is 0.414 e. The van der Waals surface area contributed by atoms with E-state index in [2.05, 4.69) is 10.3 Å². The van der Waals surface area contributed by atoms with Gasteiger partial charge in [-0.2, -0.15) is 0 Å². The number of anilines is 2. The van der Waals surface area contributed by atoms with Crippen molar-refractivity contribution in [1.29, 1.82) is 0 Å². The highest BCUT2D eigenvalue weighted by molar-refractivity contribution is 5.89. The van der Waals surface area contributed by atoms with Crippen molar-refractivity contribution in [3.63, 3.8) is 0 Å². The molecule has 2 aromatic rings. The second-order valence-electron chi connectivity index (χ2n) is 4.45. The number of aromatic nitrogens is 3. The Morgan fingerprint density at radius 1 is 1.50 bits per heavy atom. The van der Waals surface area contributed by atoms with E-state index in [4.69, 9.17) is 10.5 Å². The molecule has 1 amide bonds. The highest BCUT2D eigenvalue weighted by Gasteiger charge is 2.33. The molecule has 1 aliphatic heterocycles. The lowest BCUT2D eigenvalue weighted by Crippen LogP contribution is -2.26. The fraction of sp³-hybridized carbons (Fsp3) is 0.250. The molecule has 3 rings (SSSR count). The number of nitrogen functional groups attached to an aromatic ring is 1. The van der Waals surface area contributed by atoms with Crippen molar-refractivity contribution >= 4 is 17.5 Å². The van der Waals surface area contributed by atoms with Crippen molar-refractivity contribution in [2.75, 3.05) is 17.2 Å². The number of halogens is 1. The van der Waals surface area contributed by atoms with Crippen LogP contribution < -0.4 is 10.6 Å². The summed E-state index contributed by atoms with van der Waals surface area (Å²) in [6.07, 6.45) is 2.35. The molecular formula is C12H12FN5O2. The summed E-state index contributed by atoms with van der Waals surface area (Å²) in [7, 11) is 0. The van der Waals surface area contributed by atoms with Crippen LogP contribution in [0.2, 0.25) is 0 Å². The summed E-state index contributed by atoms with van der Waals surface area (Å²) in [6.45, 7) is 0.724. The number of rotatable bonds is 3. The molecule has 2 N–H and O–H groups in total. The Bertz CT molecular complexity index is 631. The second kappa shape index (κ2) is 4.80. The number of hydrogen-bond donors (Lipinski definition) is 1. The Morgan fingerprint density at radius 3 is 3.05 bits per heavy atom. The van der Waals surface area contributed by atoms with Crippen LogP contribution in [-0.2, 0) is 11.3 Å². The van der Waals surface area contributed by atoms with Gasteiger partial charge in [0.15, 0.2) is 0 Å². The van der Waals surface area contributed by atoms with E-state index >= 15 is 0 Å².